The minimum Gasteiger partial charge on any atom is -0.349 e. The number of fused-ring (bicyclic) bond motifs is 1. The van der Waals surface area contributed by atoms with E-state index in [0.717, 1.165) is 44.6 Å². The second kappa shape index (κ2) is 8.67. The van der Waals surface area contributed by atoms with E-state index < -0.39 is 0 Å². The Morgan fingerprint density at radius 2 is 1.93 bits per heavy atom. The first kappa shape index (κ1) is 20.1. The fourth-order valence-electron chi connectivity index (χ4n) is 4.10. The summed E-state index contributed by atoms with van der Waals surface area (Å²) in [5, 5.41) is 3.17. The zero-order valence-electron chi connectivity index (χ0n) is 17.4. The molecule has 1 fully saturated rings. The Morgan fingerprint density at radius 3 is 2.63 bits per heavy atom. The zero-order chi connectivity index (χ0) is 21.1. The summed E-state index contributed by atoms with van der Waals surface area (Å²) in [6.45, 7) is 4.73. The first-order valence-electron chi connectivity index (χ1n) is 10.3. The van der Waals surface area contributed by atoms with Crippen LogP contribution in [0.5, 0.6) is 0 Å². The molecule has 7 heteroatoms. The van der Waals surface area contributed by atoms with Gasteiger partial charge in [0.2, 0.25) is 6.41 Å². The zero-order valence-corrected chi connectivity index (χ0v) is 17.4. The Balaban J connectivity index is 1.39. The van der Waals surface area contributed by atoms with Crippen molar-refractivity contribution in [1.82, 2.24) is 19.6 Å². The normalized spacial score (nSPS) is 15.3. The quantitative estimate of drug-likeness (QED) is 0.640. The molecule has 156 valence electrons. The van der Waals surface area contributed by atoms with Gasteiger partial charge in [0, 0.05) is 38.9 Å². The van der Waals surface area contributed by atoms with E-state index in [1.807, 2.05) is 19.1 Å². The van der Waals surface area contributed by atoms with Crippen LogP contribution in [0.2, 0.25) is 0 Å². The molecule has 0 spiro atoms. The van der Waals surface area contributed by atoms with Gasteiger partial charge in [-0.15, -0.1) is 0 Å². The third kappa shape index (κ3) is 4.21. The smallest absolute Gasteiger partial charge is 0.252 e. The van der Waals surface area contributed by atoms with Crippen molar-refractivity contribution in [3.63, 3.8) is 0 Å². The van der Waals surface area contributed by atoms with Gasteiger partial charge < -0.3 is 10.2 Å². The summed E-state index contributed by atoms with van der Waals surface area (Å²) in [6.07, 6.45) is 4.37. The number of hydrogen-bond donors (Lipinski definition) is 1. The van der Waals surface area contributed by atoms with Gasteiger partial charge in [0.25, 0.3) is 5.91 Å². The van der Waals surface area contributed by atoms with Gasteiger partial charge in [-0.1, -0.05) is 30.3 Å². The molecule has 3 aromatic rings. The molecule has 0 aliphatic carbocycles. The monoisotopic (exact) mass is 405 g/mol. The minimum atomic E-state index is -0.0931. The lowest BCUT2D eigenvalue weighted by molar-refractivity contribution is -0.107. The van der Waals surface area contributed by atoms with Gasteiger partial charge in [0.1, 0.15) is 11.5 Å². The number of aromatic nitrogens is 2. The first-order valence-corrected chi connectivity index (χ1v) is 10.3. The molecule has 0 unspecified atom stereocenters. The number of carbonyl (C=O) groups is 2. The van der Waals surface area contributed by atoms with Crippen LogP contribution in [-0.4, -0.2) is 52.8 Å². The predicted octanol–water partition coefficient (Wildman–Crippen LogP) is 2.63. The van der Waals surface area contributed by atoms with Crippen molar-refractivity contribution < 1.29 is 9.59 Å². The maximum Gasteiger partial charge on any atom is 0.252 e. The third-order valence-corrected chi connectivity index (χ3v) is 5.69. The van der Waals surface area contributed by atoms with E-state index in [9.17, 15) is 9.59 Å². The second-order valence-corrected chi connectivity index (χ2v) is 7.89. The summed E-state index contributed by atoms with van der Waals surface area (Å²) in [5.74, 6) is 0.577. The molecule has 4 rings (SSSR count). The van der Waals surface area contributed by atoms with Crippen LogP contribution in [0, 0.1) is 6.92 Å². The highest BCUT2D eigenvalue weighted by atomic mass is 16.2. The molecule has 0 atom stereocenters. The lowest BCUT2D eigenvalue weighted by Gasteiger charge is -2.32. The van der Waals surface area contributed by atoms with Crippen LogP contribution in [0.15, 0.2) is 48.7 Å². The summed E-state index contributed by atoms with van der Waals surface area (Å²) >= 11 is 0. The van der Waals surface area contributed by atoms with Crippen molar-refractivity contribution in [3.8, 4) is 0 Å². The molecule has 1 saturated heterocycles. The Kier molecular flexibility index (Phi) is 5.81. The molecule has 1 aromatic carbocycles. The number of imidazole rings is 1. The van der Waals surface area contributed by atoms with E-state index in [1.165, 1.54) is 10.5 Å². The number of nitrogens with one attached hydrogen (secondary N) is 1. The van der Waals surface area contributed by atoms with Crippen molar-refractivity contribution in [2.24, 2.45) is 0 Å². The van der Waals surface area contributed by atoms with Crippen LogP contribution in [0.4, 0.5) is 5.82 Å². The van der Waals surface area contributed by atoms with Crippen molar-refractivity contribution >= 4 is 23.8 Å². The van der Waals surface area contributed by atoms with E-state index in [1.54, 1.807) is 23.7 Å². The summed E-state index contributed by atoms with van der Waals surface area (Å²) in [7, 11) is 1.68. The average molecular weight is 406 g/mol. The Hall–Kier alpha value is -3.19. The maximum absolute atomic E-state index is 12.8. The highest BCUT2D eigenvalue weighted by Gasteiger charge is 2.22. The van der Waals surface area contributed by atoms with E-state index in [2.05, 4.69) is 39.5 Å². The highest BCUT2D eigenvalue weighted by Crippen LogP contribution is 2.21. The number of aryl methyl sites for hydroxylation is 1. The molecule has 30 heavy (non-hydrogen) atoms. The van der Waals surface area contributed by atoms with Crippen molar-refractivity contribution in [1.29, 1.82) is 0 Å². The Morgan fingerprint density at radius 1 is 1.20 bits per heavy atom. The van der Waals surface area contributed by atoms with E-state index >= 15 is 0 Å². The lowest BCUT2D eigenvalue weighted by atomic mass is 10.0. The molecule has 1 aliphatic heterocycles. The number of amides is 2. The summed E-state index contributed by atoms with van der Waals surface area (Å²) < 4.78 is 1.79. The fourth-order valence-corrected chi connectivity index (χ4v) is 4.10. The Bertz CT molecular complexity index is 1040. The first-order chi connectivity index (χ1) is 14.5. The second-order valence-electron chi connectivity index (χ2n) is 7.89. The number of likely N-dealkylation sites (tertiary alicyclic amines) is 1. The molecule has 3 heterocycles. The van der Waals surface area contributed by atoms with E-state index in [-0.39, 0.29) is 11.9 Å². The molecule has 1 N–H and O–H groups in total. The van der Waals surface area contributed by atoms with E-state index in [0.29, 0.717) is 17.0 Å². The lowest BCUT2D eigenvalue weighted by Crippen LogP contribution is -2.44. The molecule has 2 aromatic heterocycles. The number of anilines is 1. The standard InChI is InChI=1S/C23H27N5O2/c1-17-23(26(2)16-29)28-15-19(8-9-21(28)24-17)22(30)25-20-10-12-27(13-11-20)14-18-6-4-3-5-7-18/h3-9,15-16,20H,10-14H2,1-2H3,(H,25,30). The molecule has 0 bridgehead atoms. The number of benzene rings is 1. The number of carbonyl (C=O) groups excluding carboxylic acids is 2. The molecule has 2 amide bonds. The minimum absolute atomic E-state index is 0.0931. The summed E-state index contributed by atoms with van der Waals surface area (Å²) in [4.78, 5) is 32.4. The van der Waals surface area contributed by atoms with Crippen LogP contribution in [0.3, 0.4) is 0 Å². The van der Waals surface area contributed by atoms with E-state index in [4.69, 9.17) is 0 Å². The largest absolute Gasteiger partial charge is 0.349 e. The van der Waals surface area contributed by atoms with Crippen LogP contribution in [0.1, 0.15) is 34.5 Å². The topological polar surface area (TPSA) is 70.0 Å². The summed E-state index contributed by atoms with van der Waals surface area (Å²) in [6, 6.07) is 14.2. The van der Waals surface area contributed by atoms with Crippen LogP contribution in [-0.2, 0) is 11.3 Å². The molecule has 7 nitrogen and oxygen atoms in total. The summed E-state index contributed by atoms with van der Waals surface area (Å²) in [5.41, 5.74) is 3.34. The third-order valence-electron chi connectivity index (χ3n) is 5.69. The number of piperidine rings is 1. The number of hydrogen-bond acceptors (Lipinski definition) is 4. The van der Waals surface area contributed by atoms with Crippen LogP contribution >= 0.6 is 0 Å². The van der Waals surface area contributed by atoms with Crippen molar-refractivity contribution in [2.45, 2.75) is 32.4 Å². The fraction of sp³-hybridized carbons (Fsp3) is 0.348. The SMILES string of the molecule is Cc1nc2ccc(C(=O)NC3CCN(Cc4ccccc4)CC3)cn2c1N(C)C=O. The van der Waals surface area contributed by atoms with Crippen LogP contribution < -0.4 is 10.2 Å². The Labute approximate surface area is 176 Å². The molecule has 0 saturated carbocycles. The highest BCUT2D eigenvalue weighted by molar-refractivity contribution is 5.94. The number of nitrogens with zero attached hydrogens (tertiary/aromatic N) is 4. The van der Waals surface area contributed by atoms with Gasteiger partial charge in [0.15, 0.2) is 0 Å². The van der Waals surface area contributed by atoms with Gasteiger partial charge in [-0.2, -0.15) is 0 Å². The maximum atomic E-state index is 12.8. The molecular formula is C23H27N5O2. The number of rotatable bonds is 6. The van der Waals surface area contributed by atoms with Gasteiger partial charge in [-0.3, -0.25) is 18.9 Å². The van der Waals surface area contributed by atoms with Gasteiger partial charge in [-0.25, -0.2) is 4.98 Å². The predicted molar refractivity (Wildman–Crippen MR) is 117 cm³/mol. The average Bonchev–Trinajstić information content (AvgIpc) is 3.10. The number of pyridine rings is 1. The molecular weight excluding hydrogens is 378 g/mol. The molecule has 0 radical (unpaired) electrons. The van der Waals surface area contributed by atoms with Gasteiger partial charge >= 0.3 is 0 Å². The van der Waals surface area contributed by atoms with Crippen LogP contribution in [0.25, 0.3) is 5.65 Å². The van der Waals surface area contributed by atoms with Crippen molar-refractivity contribution in [2.75, 3.05) is 25.0 Å². The van der Waals surface area contributed by atoms with Crippen molar-refractivity contribution in [3.05, 3.63) is 65.5 Å². The van der Waals surface area contributed by atoms with Gasteiger partial charge in [-0.05, 0) is 37.5 Å². The van der Waals surface area contributed by atoms with Gasteiger partial charge in [0.05, 0.1) is 11.3 Å². The molecule has 1 aliphatic rings.